The van der Waals surface area contributed by atoms with Crippen LogP contribution in [0.25, 0.3) is 0 Å². The van der Waals surface area contributed by atoms with Gasteiger partial charge >= 0.3 is 0 Å². The van der Waals surface area contributed by atoms with E-state index in [0.29, 0.717) is 0 Å². The molecule has 0 aromatic heterocycles. The second-order valence-electron chi connectivity index (χ2n) is 31.3. The fraction of sp³-hybridized carbons (Fsp3) is 0.935. The Hall–Kier alpha value is -1.38. The van der Waals surface area contributed by atoms with Crippen molar-refractivity contribution in [2.75, 3.05) is 19.8 Å². The number of ether oxygens (including phenoxy) is 3. The molecule has 0 aliphatic rings. The Morgan fingerprint density at radius 3 is 0.421 bits per heavy atom. The summed E-state index contributed by atoms with van der Waals surface area (Å²) < 4.78 is 20.0. The summed E-state index contributed by atoms with van der Waals surface area (Å²) in [6.45, 7) is 11.5. The van der Waals surface area contributed by atoms with Crippen molar-refractivity contribution >= 4 is 0 Å². The maximum atomic E-state index is 6.70. The molecule has 95 heavy (non-hydrogen) atoms. The van der Waals surface area contributed by atoms with Crippen LogP contribution in [-0.4, -0.2) is 19.8 Å². The molecule has 564 valence electrons. The van der Waals surface area contributed by atoms with E-state index in [4.69, 9.17) is 14.2 Å². The highest BCUT2D eigenvalue weighted by atomic mass is 16.5. The highest BCUT2D eigenvalue weighted by Crippen LogP contribution is 2.40. The third-order valence-electron chi connectivity index (χ3n) is 21.7. The van der Waals surface area contributed by atoms with Crippen molar-refractivity contribution in [1.82, 2.24) is 0 Å². The monoisotopic (exact) mass is 1330 g/mol. The molecule has 1 rings (SSSR count). The number of hydrogen-bond acceptors (Lipinski definition) is 3. The molecule has 0 atom stereocenters. The lowest BCUT2D eigenvalue weighted by Crippen LogP contribution is -2.07. The molecule has 0 aliphatic heterocycles. The van der Waals surface area contributed by atoms with Gasteiger partial charge in [-0.25, -0.2) is 0 Å². The first-order chi connectivity index (χ1) is 47.3. The topological polar surface area (TPSA) is 27.7 Å². The maximum absolute atomic E-state index is 6.70. The van der Waals surface area contributed by atoms with Crippen LogP contribution in [0.2, 0.25) is 0 Å². The first-order valence-electron chi connectivity index (χ1n) is 45.3. The lowest BCUT2D eigenvalue weighted by molar-refractivity contribution is 0.234. The summed E-state index contributed by atoms with van der Waals surface area (Å²) in [5.41, 5.74) is 1.29. The van der Waals surface area contributed by atoms with E-state index in [-0.39, 0.29) is 0 Å². The van der Waals surface area contributed by atoms with E-state index in [9.17, 15) is 0 Å². The highest BCUT2D eigenvalue weighted by molar-refractivity contribution is 5.54. The van der Waals surface area contributed by atoms with Gasteiger partial charge in [-0.1, -0.05) is 509 Å². The average Bonchev–Trinajstić information content (AvgIpc) is 0.887. The number of aryl methyl sites for hydroxylation is 1. The van der Waals surface area contributed by atoms with Gasteiger partial charge in [0.15, 0.2) is 11.5 Å². The van der Waals surface area contributed by atoms with E-state index in [1.807, 2.05) is 0 Å². The molecule has 3 nitrogen and oxygen atoms in total. The van der Waals surface area contributed by atoms with Crippen LogP contribution in [0.15, 0.2) is 12.1 Å². The molecule has 0 saturated carbocycles. The van der Waals surface area contributed by atoms with Crippen molar-refractivity contribution < 1.29 is 14.2 Å². The van der Waals surface area contributed by atoms with Gasteiger partial charge in [0.2, 0.25) is 5.75 Å². The van der Waals surface area contributed by atoms with Crippen molar-refractivity contribution in [3.63, 3.8) is 0 Å². The molecule has 0 fully saturated rings. The predicted octanol–water partition coefficient (Wildman–Crippen LogP) is 33.9. The molecule has 0 spiro atoms. The molecule has 0 heterocycles. The minimum absolute atomic E-state index is 0.747. The van der Waals surface area contributed by atoms with Gasteiger partial charge in [-0.05, 0) is 43.4 Å². The van der Waals surface area contributed by atoms with Crippen molar-refractivity contribution in [2.45, 2.75) is 535 Å². The molecular formula is C92H178O3. The van der Waals surface area contributed by atoms with Crippen LogP contribution in [0, 0.1) is 0 Å². The minimum Gasteiger partial charge on any atom is -0.490 e. The van der Waals surface area contributed by atoms with Gasteiger partial charge < -0.3 is 14.2 Å². The van der Waals surface area contributed by atoms with Crippen molar-refractivity contribution in [3.8, 4) is 17.2 Å². The summed E-state index contributed by atoms with van der Waals surface area (Å²) in [5, 5.41) is 0. The van der Waals surface area contributed by atoms with Crippen LogP contribution in [0.4, 0.5) is 0 Å². The minimum atomic E-state index is 0.747. The summed E-state index contributed by atoms with van der Waals surface area (Å²) >= 11 is 0. The molecule has 0 N–H and O–H groups in total. The third kappa shape index (κ3) is 70.8. The lowest BCUT2D eigenvalue weighted by atomic mass is 10.0. The van der Waals surface area contributed by atoms with Crippen LogP contribution >= 0.6 is 0 Å². The predicted molar refractivity (Wildman–Crippen MR) is 429 cm³/mol. The molecule has 0 radical (unpaired) electrons. The summed E-state index contributed by atoms with van der Waals surface area (Å²) in [4.78, 5) is 0. The Bertz CT molecular complexity index is 1460. The number of unbranched alkanes of at least 4 members (excludes halogenated alkanes) is 75. The molecule has 0 bridgehead atoms. The van der Waals surface area contributed by atoms with Crippen LogP contribution in [0.3, 0.4) is 0 Å². The maximum Gasteiger partial charge on any atom is 0.203 e. The molecule has 0 aliphatic carbocycles. The fourth-order valence-corrected chi connectivity index (χ4v) is 15.0. The summed E-state index contributed by atoms with van der Waals surface area (Å²) in [6.07, 6.45) is 112. The van der Waals surface area contributed by atoms with E-state index in [1.165, 1.54) is 487 Å². The largest absolute Gasteiger partial charge is 0.490 e. The van der Waals surface area contributed by atoms with E-state index < -0.39 is 0 Å². The van der Waals surface area contributed by atoms with E-state index in [0.717, 1.165) is 62.8 Å². The standard InChI is InChI=1S/C92H178O3/c1-5-9-12-15-18-21-24-27-30-33-36-39-42-45-48-51-54-57-60-63-66-69-72-75-78-81-84-93-90-87-89(8-4)88-91(94-85-82-79-76-73-70-67-64-61-58-55-52-49-46-43-40-37-34-31-28-25-22-19-16-13-10-6-2)92(90)95-86-83-80-77-74-71-68-65-62-59-56-53-50-47-44-41-38-35-32-29-26-23-20-17-14-11-7-3/h87-88H,5-86H2,1-4H3. The van der Waals surface area contributed by atoms with Crippen LogP contribution in [0.1, 0.15) is 534 Å². The van der Waals surface area contributed by atoms with Crippen molar-refractivity contribution in [1.29, 1.82) is 0 Å². The molecule has 0 unspecified atom stereocenters. The first kappa shape index (κ1) is 91.6. The van der Waals surface area contributed by atoms with Gasteiger partial charge in [-0.15, -0.1) is 0 Å². The third-order valence-corrected chi connectivity index (χ3v) is 21.7. The Kier molecular flexibility index (Phi) is 78.7. The SMILES string of the molecule is CCCCCCCCCCCCCCCCCCCCCCCCCCCCOc1cc(CC)cc(OCCCCCCCCCCCCCCCCCCCCCCCCCCCC)c1OCCCCCCCCCCCCCCCCCCCCCCCCCCCC. The molecular weight excluding hydrogens is 1150 g/mol. The number of hydrogen-bond donors (Lipinski definition) is 0. The van der Waals surface area contributed by atoms with Crippen molar-refractivity contribution in [3.05, 3.63) is 17.7 Å². The Balaban J connectivity index is 2.29. The van der Waals surface area contributed by atoms with E-state index >= 15 is 0 Å². The van der Waals surface area contributed by atoms with Gasteiger partial charge in [-0.2, -0.15) is 0 Å². The highest BCUT2D eigenvalue weighted by Gasteiger charge is 2.16. The fourth-order valence-electron chi connectivity index (χ4n) is 15.0. The van der Waals surface area contributed by atoms with Gasteiger partial charge in [0, 0.05) is 0 Å². The molecule has 0 amide bonds. The number of benzene rings is 1. The van der Waals surface area contributed by atoms with Gasteiger partial charge in [0.1, 0.15) is 0 Å². The second kappa shape index (κ2) is 81.6. The Morgan fingerprint density at radius 2 is 0.284 bits per heavy atom. The first-order valence-corrected chi connectivity index (χ1v) is 45.3. The molecule has 1 aromatic rings. The summed E-state index contributed by atoms with van der Waals surface area (Å²) in [5.74, 6) is 2.70. The van der Waals surface area contributed by atoms with Crippen molar-refractivity contribution in [2.24, 2.45) is 0 Å². The van der Waals surface area contributed by atoms with Gasteiger partial charge in [0.25, 0.3) is 0 Å². The van der Waals surface area contributed by atoms with Crippen LogP contribution in [-0.2, 0) is 6.42 Å². The van der Waals surface area contributed by atoms with Crippen LogP contribution in [0.5, 0.6) is 17.2 Å². The van der Waals surface area contributed by atoms with Crippen LogP contribution < -0.4 is 14.2 Å². The van der Waals surface area contributed by atoms with E-state index in [1.54, 1.807) is 0 Å². The second-order valence-corrected chi connectivity index (χ2v) is 31.3. The zero-order valence-corrected chi connectivity index (χ0v) is 66.4. The Morgan fingerprint density at radius 1 is 0.158 bits per heavy atom. The van der Waals surface area contributed by atoms with Gasteiger partial charge in [-0.3, -0.25) is 0 Å². The Labute approximate surface area is 600 Å². The molecule has 0 saturated heterocycles. The zero-order valence-electron chi connectivity index (χ0n) is 66.4. The normalized spacial score (nSPS) is 11.7. The quantitative estimate of drug-likeness (QED) is 0.0609. The summed E-state index contributed by atoms with van der Waals surface area (Å²) in [6, 6.07) is 4.51. The lowest BCUT2D eigenvalue weighted by Gasteiger charge is -2.19. The molecule has 3 heteroatoms. The average molecular weight is 1330 g/mol. The number of rotatable bonds is 85. The summed E-state index contributed by atoms with van der Waals surface area (Å²) in [7, 11) is 0. The van der Waals surface area contributed by atoms with Gasteiger partial charge in [0.05, 0.1) is 19.8 Å². The van der Waals surface area contributed by atoms with E-state index in [2.05, 4.69) is 39.8 Å². The molecule has 1 aromatic carbocycles. The smallest absolute Gasteiger partial charge is 0.203 e. The zero-order chi connectivity index (χ0) is 67.8.